The third-order valence-corrected chi connectivity index (χ3v) is 3.88. The third kappa shape index (κ3) is 3.42. The maximum absolute atomic E-state index is 11.2. The fourth-order valence-electron chi connectivity index (χ4n) is 2.47. The Kier molecular flexibility index (Phi) is 5.23. The zero-order valence-electron chi connectivity index (χ0n) is 11.5. The maximum Gasteiger partial charge on any atom is 0.323 e. The number of halogens is 1. The average Bonchev–Trinajstić information content (AvgIpc) is 2.45. The van der Waals surface area contributed by atoms with Crippen LogP contribution in [0.5, 0.6) is 0 Å². The van der Waals surface area contributed by atoms with Crippen LogP contribution in [0.15, 0.2) is 24.3 Å². The number of nitrogens with zero attached hydrogens (tertiary/aromatic N) is 2. The van der Waals surface area contributed by atoms with Gasteiger partial charge >= 0.3 is 5.97 Å². The van der Waals surface area contributed by atoms with Crippen LogP contribution in [0.4, 0.5) is 5.69 Å². The van der Waals surface area contributed by atoms with E-state index in [9.17, 15) is 9.90 Å². The van der Waals surface area contributed by atoms with Crippen molar-refractivity contribution in [2.75, 3.05) is 44.8 Å². The van der Waals surface area contributed by atoms with E-state index in [0.29, 0.717) is 13.1 Å². The highest BCUT2D eigenvalue weighted by atomic mass is 35.5. The molecule has 1 aromatic rings. The van der Waals surface area contributed by atoms with Crippen molar-refractivity contribution in [1.82, 2.24) is 4.90 Å². The number of anilines is 1. The lowest BCUT2D eigenvalue weighted by Gasteiger charge is -2.38. The van der Waals surface area contributed by atoms with Gasteiger partial charge in [0.2, 0.25) is 0 Å². The van der Waals surface area contributed by atoms with Crippen LogP contribution in [-0.4, -0.2) is 61.9 Å². The minimum atomic E-state index is -0.835. The number of methoxy groups -OCH3 is 1. The molecule has 1 N–H and O–H groups in total. The van der Waals surface area contributed by atoms with Gasteiger partial charge in [0, 0.05) is 33.3 Å². The van der Waals surface area contributed by atoms with Gasteiger partial charge in [-0.05, 0) is 12.1 Å². The van der Waals surface area contributed by atoms with Crippen LogP contribution < -0.4 is 4.90 Å². The molecule has 110 valence electrons. The van der Waals surface area contributed by atoms with Gasteiger partial charge in [0.1, 0.15) is 6.04 Å². The molecule has 1 unspecified atom stereocenters. The van der Waals surface area contributed by atoms with Crippen LogP contribution in [0.3, 0.4) is 0 Å². The van der Waals surface area contributed by atoms with Gasteiger partial charge < -0.3 is 14.7 Å². The number of carboxylic acids is 1. The maximum atomic E-state index is 11.2. The number of hydrogen-bond donors (Lipinski definition) is 1. The van der Waals surface area contributed by atoms with Gasteiger partial charge in [-0.15, -0.1) is 0 Å². The van der Waals surface area contributed by atoms with Crippen LogP contribution in [0.2, 0.25) is 5.02 Å². The monoisotopic (exact) mass is 298 g/mol. The molecule has 1 fully saturated rings. The quantitative estimate of drug-likeness (QED) is 0.894. The lowest BCUT2D eigenvalue weighted by molar-refractivity contribution is -0.145. The molecule has 1 heterocycles. The number of carbonyl (C=O) groups is 1. The van der Waals surface area contributed by atoms with Crippen molar-refractivity contribution in [2.45, 2.75) is 6.04 Å². The highest BCUT2D eigenvalue weighted by molar-refractivity contribution is 6.33. The summed E-state index contributed by atoms with van der Waals surface area (Å²) in [5.41, 5.74) is 1.01. The smallest absolute Gasteiger partial charge is 0.323 e. The Morgan fingerprint density at radius 3 is 2.55 bits per heavy atom. The van der Waals surface area contributed by atoms with Crippen molar-refractivity contribution in [3.05, 3.63) is 29.3 Å². The van der Waals surface area contributed by atoms with E-state index in [0.717, 1.165) is 23.8 Å². The Morgan fingerprint density at radius 1 is 1.35 bits per heavy atom. The third-order valence-electron chi connectivity index (χ3n) is 3.56. The molecule has 0 spiro atoms. The normalized spacial score (nSPS) is 18.0. The van der Waals surface area contributed by atoms with E-state index in [1.165, 1.54) is 7.11 Å². The Morgan fingerprint density at radius 2 is 2.00 bits per heavy atom. The zero-order chi connectivity index (χ0) is 14.5. The van der Waals surface area contributed by atoms with E-state index < -0.39 is 12.0 Å². The summed E-state index contributed by atoms with van der Waals surface area (Å²) in [7, 11) is 1.52. The summed E-state index contributed by atoms with van der Waals surface area (Å²) in [6.45, 7) is 3.10. The minimum Gasteiger partial charge on any atom is -0.480 e. The van der Waals surface area contributed by atoms with Crippen molar-refractivity contribution in [2.24, 2.45) is 0 Å². The van der Waals surface area contributed by atoms with Gasteiger partial charge in [0.05, 0.1) is 17.3 Å². The van der Waals surface area contributed by atoms with Gasteiger partial charge in [-0.25, -0.2) is 0 Å². The number of ether oxygens (including phenoxy) is 1. The molecule has 0 radical (unpaired) electrons. The Labute approximate surface area is 123 Å². The summed E-state index contributed by atoms with van der Waals surface area (Å²) in [4.78, 5) is 15.4. The molecule has 0 bridgehead atoms. The van der Waals surface area contributed by atoms with Gasteiger partial charge in [0.25, 0.3) is 0 Å². The van der Waals surface area contributed by atoms with Crippen molar-refractivity contribution in [3.63, 3.8) is 0 Å². The fraction of sp³-hybridized carbons (Fsp3) is 0.500. The standard InChI is InChI=1S/C14H19ClN2O3/c1-20-10-13(14(18)19)17-8-6-16(7-9-17)12-5-3-2-4-11(12)15/h2-5,13H,6-10H2,1H3,(H,18,19). The largest absolute Gasteiger partial charge is 0.480 e. The highest BCUT2D eigenvalue weighted by Gasteiger charge is 2.29. The van der Waals surface area contributed by atoms with E-state index in [1.807, 2.05) is 29.2 Å². The number of piperazine rings is 1. The summed E-state index contributed by atoms with van der Waals surface area (Å²) in [6, 6.07) is 7.14. The summed E-state index contributed by atoms with van der Waals surface area (Å²) < 4.78 is 4.99. The predicted molar refractivity (Wildman–Crippen MR) is 78.5 cm³/mol. The Bertz CT molecular complexity index is 461. The molecule has 1 aliphatic heterocycles. The summed E-state index contributed by atoms with van der Waals surface area (Å²) in [5, 5.41) is 9.96. The Balaban J connectivity index is 1.98. The van der Waals surface area contributed by atoms with E-state index in [4.69, 9.17) is 16.3 Å². The molecular formula is C14H19ClN2O3. The van der Waals surface area contributed by atoms with Crippen LogP contribution in [0.1, 0.15) is 0 Å². The number of benzene rings is 1. The number of para-hydroxylation sites is 1. The van der Waals surface area contributed by atoms with Gasteiger partial charge in [-0.3, -0.25) is 9.69 Å². The first-order valence-electron chi connectivity index (χ1n) is 6.58. The number of carboxylic acid groups (broad SMARTS) is 1. The molecule has 6 heteroatoms. The van der Waals surface area contributed by atoms with Crippen molar-refractivity contribution >= 4 is 23.3 Å². The summed E-state index contributed by atoms with van der Waals surface area (Å²) >= 11 is 6.19. The summed E-state index contributed by atoms with van der Waals surface area (Å²) in [6.07, 6.45) is 0. The van der Waals surface area contributed by atoms with Crippen LogP contribution >= 0.6 is 11.6 Å². The van der Waals surface area contributed by atoms with Gasteiger partial charge in [0.15, 0.2) is 0 Å². The first-order valence-corrected chi connectivity index (χ1v) is 6.96. The first-order chi connectivity index (χ1) is 9.63. The number of rotatable bonds is 5. The van der Waals surface area contributed by atoms with Crippen LogP contribution in [0, 0.1) is 0 Å². The van der Waals surface area contributed by atoms with E-state index in [-0.39, 0.29) is 6.61 Å². The minimum absolute atomic E-state index is 0.210. The Hall–Kier alpha value is -1.30. The van der Waals surface area contributed by atoms with Gasteiger partial charge in [-0.2, -0.15) is 0 Å². The molecule has 5 nitrogen and oxygen atoms in total. The van der Waals surface area contributed by atoms with E-state index >= 15 is 0 Å². The molecule has 0 saturated carbocycles. The van der Waals surface area contributed by atoms with E-state index in [2.05, 4.69) is 4.90 Å². The molecular weight excluding hydrogens is 280 g/mol. The molecule has 1 atom stereocenters. The second-order valence-corrected chi connectivity index (χ2v) is 5.19. The molecule has 1 aliphatic rings. The molecule has 0 aliphatic carbocycles. The summed E-state index contributed by atoms with van der Waals surface area (Å²) in [5.74, 6) is -0.835. The predicted octanol–water partition coefficient (Wildman–Crippen LogP) is 1.56. The fourth-order valence-corrected chi connectivity index (χ4v) is 2.73. The molecule has 0 amide bonds. The second kappa shape index (κ2) is 6.92. The highest BCUT2D eigenvalue weighted by Crippen LogP contribution is 2.26. The topological polar surface area (TPSA) is 53.0 Å². The van der Waals surface area contributed by atoms with Crippen molar-refractivity contribution in [1.29, 1.82) is 0 Å². The van der Waals surface area contributed by atoms with Crippen molar-refractivity contribution in [3.8, 4) is 0 Å². The molecule has 1 aromatic carbocycles. The molecule has 1 saturated heterocycles. The second-order valence-electron chi connectivity index (χ2n) is 4.78. The SMILES string of the molecule is COCC(C(=O)O)N1CCN(c2ccccc2Cl)CC1. The zero-order valence-corrected chi connectivity index (χ0v) is 12.2. The van der Waals surface area contributed by atoms with Gasteiger partial charge in [-0.1, -0.05) is 23.7 Å². The van der Waals surface area contributed by atoms with Crippen LogP contribution in [0.25, 0.3) is 0 Å². The van der Waals surface area contributed by atoms with Crippen molar-refractivity contribution < 1.29 is 14.6 Å². The average molecular weight is 299 g/mol. The van der Waals surface area contributed by atoms with E-state index in [1.54, 1.807) is 0 Å². The molecule has 2 rings (SSSR count). The molecule has 0 aromatic heterocycles. The number of hydrogen-bond acceptors (Lipinski definition) is 4. The molecule has 20 heavy (non-hydrogen) atoms. The van der Waals surface area contributed by atoms with Crippen LogP contribution in [-0.2, 0) is 9.53 Å². The first kappa shape index (κ1) is 15.1. The lowest BCUT2D eigenvalue weighted by Crippen LogP contribution is -2.54. The lowest BCUT2D eigenvalue weighted by atomic mass is 10.2. The number of aliphatic carboxylic acids is 1.